The van der Waals surface area contributed by atoms with E-state index >= 15 is 0 Å². The van der Waals surface area contributed by atoms with Crippen molar-refractivity contribution in [3.8, 4) is 6.07 Å². The monoisotopic (exact) mass is 370 g/mol. The Morgan fingerprint density at radius 1 is 1.00 bits per heavy atom. The van der Waals surface area contributed by atoms with Crippen LogP contribution in [-0.2, 0) is 9.05 Å². The van der Waals surface area contributed by atoms with Gasteiger partial charge in [-0.1, -0.05) is 20.8 Å². The molecule has 1 fully saturated rings. The van der Waals surface area contributed by atoms with E-state index < -0.39 is 8.53 Å². The predicted octanol–water partition coefficient (Wildman–Crippen LogP) is 6.13. The van der Waals surface area contributed by atoms with Crippen LogP contribution in [0.4, 0.5) is 0 Å². The van der Waals surface area contributed by atoms with E-state index in [-0.39, 0.29) is 0 Å². The third kappa shape index (κ3) is 7.51. The van der Waals surface area contributed by atoms with Crippen molar-refractivity contribution in [1.29, 1.82) is 5.26 Å². The van der Waals surface area contributed by atoms with Crippen LogP contribution in [0.5, 0.6) is 0 Å². The van der Waals surface area contributed by atoms with Gasteiger partial charge in [0.2, 0.25) is 0 Å². The Labute approximate surface area is 157 Å². The highest BCUT2D eigenvalue weighted by Gasteiger charge is 2.33. The smallest absolute Gasteiger partial charge is 0.259 e. The van der Waals surface area contributed by atoms with E-state index in [2.05, 4.69) is 59.2 Å². The Kier molecular flexibility index (Phi) is 10.5. The van der Waals surface area contributed by atoms with Crippen LogP contribution in [0.2, 0.25) is 0 Å². The third-order valence-electron chi connectivity index (χ3n) is 5.42. The molecule has 0 spiro atoms. The zero-order chi connectivity index (χ0) is 19.0. The quantitative estimate of drug-likeness (QED) is 0.343. The maximum atomic E-state index is 8.81. The summed E-state index contributed by atoms with van der Waals surface area (Å²) in [6.45, 7) is 16.3. The Balaban J connectivity index is 2.64. The van der Waals surface area contributed by atoms with E-state index in [0.29, 0.717) is 31.2 Å². The van der Waals surface area contributed by atoms with Gasteiger partial charge in [-0.15, -0.1) is 0 Å². The zero-order valence-corrected chi connectivity index (χ0v) is 18.3. The second-order valence-corrected chi connectivity index (χ2v) is 9.70. The fourth-order valence-corrected chi connectivity index (χ4v) is 5.46. The molecule has 0 aliphatic heterocycles. The standard InChI is InChI=1S/C20H39N2O2P/c1-15(2)18(7)19-9-11-20(12-10-19)24-25(23-14-8-13-21)22(16(3)4)17(5)6/h15-20H,8-12,14H2,1-7H3. The number of nitrogens with zero attached hydrogens (tertiary/aromatic N) is 2. The van der Waals surface area contributed by atoms with Crippen molar-refractivity contribution < 1.29 is 9.05 Å². The van der Waals surface area contributed by atoms with Gasteiger partial charge in [0, 0.05) is 12.1 Å². The molecule has 2 unspecified atom stereocenters. The summed E-state index contributed by atoms with van der Waals surface area (Å²) in [7, 11) is -1.10. The van der Waals surface area contributed by atoms with Crippen LogP contribution >= 0.6 is 8.53 Å². The molecular formula is C20H39N2O2P. The second kappa shape index (κ2) is 11.5. The maximum Gasteiger partial charge on any atom is 0.259 e. The van der Waals surface area contributed by atoms with Crippen molar-refractivity contribution in [2.45, 2.75) is 98.8 Å². The molecule has 0 radical (unpaired) electrons. The van der Waals surface area contributed by atoms with Crippen LogP contribution in [0, 0.1) is 29.1 Å². The first-order valence-corrected chi connectivity index (χ1v) is 11.2. The van der Waals surface area contributed by atoms with Gasteiger partial charge in [0.1, 0.15) is 0 Å². The average molecular weight is 371 g/mol. The number of hydrogen-bond acceptors (Lipinski definition) is 4. The van der Waals surface area contributed by atoms with E-state index in [9.17, 15) is 0 Å². The summed E-state index contributed by atoms with van der Waals surface area (Å²) >= 11 is 0. The lowest BCUT2D eigenvalue weighted by Crippen LogP contribution is -2.35. The van der Waals surface area contributed by atoms with E-state index in [1.54, 1.807) is 0 Å². The van der Waals surface area contributed by atoms with Gasteiger partial charge >= 0.3 is 0 Å². The summed E-state index contributed by atoms with van der Waals surface area (Å²) in [5.74, 6) is 2.38. The second-order valence-electron chi connectivity index (χ2n) is 8.29. The van der Waals surface area contributed by atoms with Gasteiger partial charge in [-0.2, -0.15) is 5.26 Å². The van der Waals surface area contributed by atoms with Crippen LogP contribution in [-0.4, -0.2) is 29.5 Å². The van der Waals surface area contributed by atoms with Gasteiger partial charge in [-0.3, -0.25) is 0 Å². The topological polar surface area (TPSA) is 45.5 Å². The van der Waals surface area contributed by atoms with Gasteiger partial charge in [-0.25, -0.2) is 4.67 Å². The number of hydrogen-bond donors (Lipinski definition) is 0. The van der Waals surface area contributed by atoms with Crippen molar-refractivity contribution in [1.82, 2.24) is 4.67 Å². The Bertz CT molecular complexity index is 393. The van der Waals surface area contributed by atoms with Gasteiger partial charge in [-0.05, 0) is 71.1 Å². The molecule has 25 heavy (non-hydrogen) atoms. The summed E-state index contributed by atoms with van der Waals surface area (Å²) < 4.78 is 14.8. The first-order chi connectivity index (χ1) is 11.8. The molecule has 0 aromatic rings. The molecule has 1 aliphatic carbocycles. The van der Waals surface area contributed by atoms with Crippen LogP contribution in [0.3, 0.4) is 0 Å². The van der Waals surface area contributed by atoms with Crippen LogP contribution in [0.15, 0.2) is 0 Å². The molecule has 0 aromatic carbocycles. The highest BCUT2D eigenvalue weighted by atomic mass is 31.2. The fourth-order valence-electron chi connectivity index (χ4n) is 3.69. The van der Waals surface area contributed by atoms with Crippen molar-refractivity contribution in [2.24, 2.45) is 17.8 Å². The van der Waals surface area contributed by atoms with Gasteiger partial charge in [0.05, 0.1) is 25.2 Å². The van der Waals surface area contributed by atoms with Crippen LogP contribution < -0.4 is 0 Å². The Hall–Kier alpha value is -0.200. The molecule has 5 heteroatoms. The summed E-state index contributed by atoms with van der Waals surface area (Å²) in [4.78, 5) is 0. The fraction of sp³-hybridized carbons (Fsp3) is 0.950. The van der Waals surface area contributed by atoms with E-state index in [1.165, 1.54) is 12.8 Å². The van der Waals surface area contributed by atoms with E-state index in [0.717, 1.165) is 30.6 Å². The minimum atomic E-state index is -1.10. The minimum absolute atomic E-state index is 0.295. The molecule has 0 aromatic heterocycles. The SMILES string of the molecule is CC(C)C(C)C1CCC(OP(OCCC#N)N(C(C)C)C(C)C)CC1. The lowest BCUT2D eigenvalue weighted by atomic mass is 9.75. The van der Waals surface area contributed by atoms with E-state index in [4.69, 9.17) is 14.3 Å². The van der Waals surface area contributed by atoms with Crippen molar-refractivity contribution in [2.75, 3.05) is 6.61 Å². The molecular weight excluding hydrogens is 331 g/mol. The lowest BCUT2D eigenvalue weighted by Gasteiger charge is -2.39. The predicted molar refractivity (Wildman–Crippen MR) is 106 cm³/mol. The van der Waals surface area contributed by atoms with Gasteiger partial charge in [0.25, 0.3) is 8.53 Å². The zero-order valence-electron chi connectivity index (χ0n) is 17.4. The molecule has 0 amide bonds. The molecule has 1 aliphatic rings. The molecule has 1 rings (SSSR count). The summed E-state index contributed by atoms with van der Waals surface area (Å²) in [6.07, 6.45) is 5.50. The molecule has 0 saturated heterocycles. The molecule has 1 saturated carbocycles. The number of rotatable bonds is 10. The highest BCUT2D eigenvalue weighted by molar-refractivity contribution is 7.44. The van der Waals surface area contributed by atoms with E-state index in [1.807, 2.05) is 0 Å². The van der Waals surface area contributed by atoms with Crippen molar-refractivity contribution in [3.63, 3.8) is 0 Å². The molecule has 0 heterocycles. The molecule has 4 nitrogen and oxygen atoms in total. The van der Waals surface area contributed by atoms with Gasteiger partial charge in [0.15, 0.2) is 0 Å². The van der Waals surface area contributed by atoms with Crippen LogP contribution in [0.1, 0.15) is 80.6 Å². The normalized spacial score (nSPS) is 24.1. The molecule has 0 N–H and O–H groups in total. The highest BCUT2D eigenvalue weighted by Crippen LogP contribution is 2.49. The van der Waals surface area contributed by atoms with Crippen molar-refractivity contribution >= 4 is 8.53 Å². The molecule has 146 valence electrons. The van der Waals surface area contributed by atoms with Crippen molar-refractivity contribution in [3.05, 3.63) is 0 Å². The molecule has 0 bridgehead atoms. The Morgan fingerprint density at radius 3 is 2.00 bits per heavy atom. The Morgan fingerprint density at radius 2 is 1.56 bits per heavy atom. The summed E-state index contributed by atoms with van der Waals surface area (Å²) in [6, 6.07) is 2.90. The van der Waals surface area contributed by atoms with Gasteiger partial charge < -0.3 is 9.05 Å². The number of nitriles is 1. The first-order valence-electron chi connectivity index (χ1n) is 10.0. The summed E-state index contributed by atoms with van der Waals surface area (Å²) in [5, 5.41) is 8.81. The summed E-state index contributed by atoms with van der Waals surface area (Å²) in [5.41, 5.74) is 0. The molecule has 2 atom stereocenters. The average Bonchev–Trinajstić information content (AvgIpc) is 2.54. The lowest BCUT2D eigenvalue weighted by molar-refractivity contribution is 0.0782. The third-order valence-corrected chi connectivity index (χ3v) is 7.60. The largest absolute Gasteiger partial charge is 0.321 e. The maximum absolute atomic E-state index is 8.81. The van der Waals surface area contributed by atoms with Crippen LogP contribution in [0.25, 0.3) is 0 Å². The minimum Gasteiger partial charge on any atom is -0.321 e. The first kappa shape index (κ1) is 22.8.